The Morgan fingerprint density at radius 3 is 2.56 bits per heavy atom. The largest absolute Gasteiger partial charge is 0.364 e. The molecule has 0 unspecified atom stereocenters. The van der Waals surface area contributed by atoms with Crippen LogP contribution < -0.4 is 10.6 Å². The second kappa shape index (κ2) is 8.41. The zero-order valence-corrected chi connectivity index (χ0v) is 14.8. The molecule has 3 rings (SSSR count). The molecule has 0 aliphatic rings. The average Bonchev–Trinajstić information content (AvgIpc) is 2.65. The summed E-state index contributed by atoms with van der Waals surface area (Å²) in [6, 6.07) is 13.6. The van der Waals surface area contributed by atoms with Gasteiger partial charge in [-0.3, -0.25) is 10.1 Å². The van der Waals surface area contributed by atoms with Crippen LogP contribution in [0.15, 0.2) is 54.9 Å². The van der Waals surface area contributed by atoms with E-state index in [0.29, 0.717) is 18.7 Å². The maximum Gasteiger partial charge on any atom is 0.353 e. The summed E-state index contributed by atoms with van der Waals surface area (Å²) in [6.07, 6.45) is 1.89. The van der Waals surface area contributed by atoms with Crippen LogP contribution in [-0.4, -0.2) is 21.4 Å². The first-order valence-corrected chi connectivity index (χ1v) is 8.41. The Balaban J connectivity index is 1.79. The summed E-state index contributed by atoms with van der Waals surface area (Å²) in [5.41, 5.74) is 1.17. The minimum Gasteiger partial charge on any atom is -0.364 e. The van der Waals surface area contributed by atoms with Crippen molar-refractivity contribution in [2.75, 3.05) is 17.2 Å². The summed E-state index contributed by atoms with van der Waals surface area (Å²) >= 11 is 5.75. The SMILES string of the molecule is O=[N+]([O-])c1c(NCCc2ccccc2)ncnc1Nc1ccc(F)c(Cl)c1. The van der Waals surface area contributed by atoms with E-state index in [1.54, 1.807) is 0 Å². The fourth-order valence-electron chi connectivity index (χ4n) is 2.45. The molecule has 7 nitrogen and oxygen atoms in total. The van der Waals surface area contributed by atoms with Crippen LogP contribution in [0.2, 0.25) is 5.02 Å². The Bertz CT molecular complexity index is 956. The van der Waals surface area contributed by atoms with Gasteiger partial charge in [0.1, 0.15) is 12.1 Å². The number of halogens is 2. The fourth-order valence-corrected chi connectivity index (χ4v) is 2.63. The molecule has 2 aromatic carbocycles. The number of benzene rings is 2. The first-order chi connectivity index (χ1) is 13.0. The molecule has 0 aliphatic heterocycles. The molecule has 0 spiro atoms. The van der Waals surface area contributed by atoms with E-state index >= 15 is 0 Å². The summed E-state index contributed by atoms with van der Waals surface area (Å²) in [5, 5.41) is 17.2. The van der Waals surface area contributed by atoms with Crippen LogP contribution in [0.3, 0.4) is 0 Å². The second-order valence-corrected chi connectivity index (χ2v) is 6.00. The van der Waals surface area contributed by atoms with Gasteiger partial charge in [-0.25, -0.2) is 14.4 Å². The number of aromatic nitrogens is 2. The van der Waals surface area contributed by atoms with Crippen molar-refractivity contribution in [3.8, 4) is 0 Å². The van der Waals surface area contributed by atoms with Gasteiger partial charge < -0.3 is 10.6 Å². The number of anilines is 3. The van der Waals surface area contributed by atoms with E-state index in [0.717, 1.165) is 11.6 Å². The summed E-state index contributed by atoms with van der Waals surface area (Å²) in [5.74, 6) is -0.496. The van der Waals surface area contributed by atoms with Crippen molar-refractivity contribution < 1.29 is 9.31 Å². The third-order valence-corrected chi connectivity index (χ3v) is 4.03. The van der Waals surface area contributed by atoms with Crippen molar-refractivity contribution in [3.63, 3.8) is 0 Å². The molecular formula is C18H15ClFN5O2. The van der Waals surface area contributed by atoms with Gasteiger partial charge >= 0.3 is 5.69 Å². The Kier molecular flexibility index (Phi) is 5.77. The standard InChI is InChI=1S/C18H15ClFN5O2/c19-14-10-13(6-7-15(14)20)24-18-16(25(26)27)17(22-11-23-18)21-9-8-12-4-2-1-3-5-12/h1-7,10-11H,8-9H2,(H2,21,22,23,24). The highest BCUT2D eigenvalue weighted by molar-refractivity contribution is 6.31. The van der Waals surface area contributed by atoms with Crippen LogP contribution in [0, 0.1) is 15.9 Å². The number of hydrogen-bond donors (Lipinski definition) is 2. The van der Waals surface area contributed by atoms with E-state index in [-0.39, 0.29) is 22.3 Å². The van der Waals surface area contributed by atoms with Gasteiger partial charge in [-0.05, 0) is 30.2 Å². The third-order valence-electron chi connectivity index (χ3n) is 3.74. The quantitative estimate of drug-likeness (QED) is 0.455. The van der Waals surface area contributed by atoms with Crippen LogP contribution in [0.1, 0.15) is 5.56 Å². The van der Waals surface area contributed by atoms with Gasteiger partial charge in [-0.2, -0.15) is 0 Å². The number of nitro groups is 1. The van der Waals surface area contributed by atoms with Crippen molar-refractivity contribution >= 4 is 34.6 Å². The van der Waals surface area contributed by atoms with Gasteiger partial charge in [0.25, 0.3) is 0 Å². The number of rotatable bonds is 7. The van der Waals surface area contributed by atoms with Crippen molar-refractivity contribution in [1.82, 2.24) is 9.97 Å². The summed E-state index contributed by atoms with van der Waals surface area (Å²) in [6.45, 7) is 0.462. The molecule has 1 aromatic heterocycles. The van der Waals surface area contributed by atoms with Gasteiger partial charge in [-0.15, -0.1) is 0 Å². The van der Waals surface area contributed by atoms with Crippen molar-refractivity contribution in [2.24, 2.45) is 0 Å². The first kappa shape index (κ1) is 18.5. The van der Waals surface area contributed by atoms with Crippen LogP contribution >= 0.6 is 11.6 Å². The van der Waals surface area contributed by atoms with Crippen molar-refractivity contribution in [1.29, 1.82) is 0 Å². The van der Waals surface area contributed by atoms with Crippen molar-refractivity contribution in [3.05, 3.63) is 81.4 Å². The Morgan fingerprint density at radius 1 is 1.11 bits per heavy atom. The fraction of sp³-hybridized carbons (Fsp3) is 0.111. The molecule has 0 aliphatic carbocycles. The van der Waals surface area contributed by atoms with E-state index < -0.39 is 10.7 Å². The molecule has 9 heteroatoms. The van der Waals surface area contributed by atoms with E-state index in [4.69, 9.17) is 11.6 Å². The molecule has 0 fully saturated rings. The molecule has 1 heterocycles. The predicted octanol–water partition coefficient (Wildman–Crippen LogP) is 4.58. The predicted molar refractivity (Wildman–Crippen MR) is 102 cm³/mol. The number of nitrogens with one attached hydrogen (secondary N) is 2. The molecule has 0 saturated carbocycles. The lowest BCUT2D eigenvalue weighted by molar-refractivity contribution is -0.383. The topological polar surface area (TPSA) is 93.0 Å². The van der Waals surface area contributed by atoms with Gasteiger partial charge in [0.05, 0.1) is 9.95 Å². The smallest absolute Gasteiger partial charge is 0.353 e. The maximum atomic E-state index is 13.3. The lowest BCUT2D eigenvalue weighted by atomic mass is 10.1. The lowest BCUT2D eigenvalue weighted by Crippen LogP contribution is -2.10. The van der Waals surface area contributed by atoms with Gasteiger partial charge in [0.2, 0.25) is 11.6 Å². The molecule has 0 bridgehead atoms. The normalized spacial score (nSPS) is 10.4. The molecule has 2 N–H and O–H groups in total. The van der Waals surface area contributed by atoms with E-state index in [1.807, 2.05) is 30.3 Å². The summed E-state index contributed by atoms with van der Waals surface area (Å²) in [7, 11) is 0. The average molecular weight is 388 g/mol. The van der Waals surface area contributed by atoms with Crippen LogP contribution in [0.4, 0.5) is 27.4 Å². The van der Waals surface area contributed by atoms with Gasteiger partial charge in [-0.1, -0.05) is 41.9 Å². The minimum atomic E-state index is -0.581. The number of hydrogen-bond acceptors (Lipinski definition) is 6. The Morgan fingerprint density at radius 2 is 1.85 bits per heavy atom. The second-order valence-electron chi connectivity index (χ2n) is 5.59. The van der Waals surface area contributed by atoms with Gasteiger partial charge in [0.15, 0.2) is 0 Å². The molecule has 0 atom stereocenters. The third kappa shape index (κ3) is 4.68. The van der Waals surface area contributed by atoms with Crippen LogP contribution in [0.5, 0.6) is 0 Å². The molecular weight excluding hydrogens is 373 g/mol. The maximum absolute atomic E-state index is 13.3. The number of nitrogens with zero attached hydrogens (tertiary/aromatic N) is 3. The molecule has 3 aromatic rings. The van der Waals surface area contributed by atoms with E-state index in [2.05, 4.69) is 20.6 Å². The molecule has 0 saturated heterocycles. The summed E-state index contributed by atoms with van der Waals surface area (Å²) < 4.78 is 13.3. The molecule has 0 radical (unpaired) electrons. The van der Waals surface area contributed by atoms with Crippen molar-refractivity contribution in [2.45, 2.75) is 6.42 Å². The molecule has 138 valence electrons. The highest BCUT2D eigenvalue weighted by Crippen LogP contribution is 2.32. The molecule has 27 heavy (non-hydrogen) atoms. The van der Waals surface area contributed by atoms with E-state index in [1.165, 1.54) is 18.5 Å². The monoisotopic (exact) mass is 387 g/mol. The Labute approximate surface area is 159 Å². The highest BCUT2D eigenvalue weighted by atomic mass is 35.5. The van der Waals surface area contributed by atoms with Crippen LogP contribution in [-0.2, 0) is 6.42 Å². The van der Waals surface area contributed by atoms with Crippen LogP contribution in [0.25, 0.3) is 0 Å². The first-order valence-electron chi connectivity index (χ1n) is 8.04. The highest BCUT2D eigenvalue weighted by Gasteiger charge is 2.23. The lowest BCUT2D eigenvalue weighted by Gasteiger charge is -2.10. The molecule has 0 amide bonds. The minimum absolute atomic E-state index is 0.0140. The van der Waals surface area contributed by atoms with E-state index in [9.17, 15) is 14.5 Å². The Hall–Kier alpha value is -3.26. The van der Waals surface area contributed by atoms with Gasteiger partial charge in [0, 0.05) is 12.2 Å². The zero-order chi connectivity index (χ0) is 19.2. The zero-order valence-electron chi connectivity index (χ0n) is 14.0. The summed E-state index contributed by atoms with van der Waals surface area (Å²) in [4.78, 5) is 18.9.